The molecule has 4 fully saturated rings. The highest BCUT2D eigenvalue weighted by Gasteiger charge is 2.65. The van der Waals surface area contributed by atoms with Gasteiger partial charge in [-0.3, -0.25) is 0 Å². The van der Waals surface area contributed by atoms with Crippen LogP contribution in [0, 0.1) is 17.8 Å². The summed E-state index contributed by atoms with van der Waals surface area (Å²) in [5.74, 6) is 0.0815. The Morgan fingerprint density at radius 3 is 2.80 bits per heavy atom. The molecule has 0 aromatic rings. The molecule has 0 radical (unpaired) electrons. The number of ether oxygens (including phenoxy) is 2. The van der Waals surface area contributed by atoms with E-state index in [1.807, 2.05) is 6.92 Å². The van der Waals surface area contributed by atoms with E-state index in [-0.39, 0.29) is 18.4 Å². The van der Waals surface area contributed by atoms with Crippen LogP contribution in [0.1, 0.15) is 46.0 Å². The summed E-state index contributed by atoms with van der Waals surface area (Å²) in [6, 6.07) is 0. The third-order valence-corrected chi connectivity index (χ3v) is 5.67. The second kappa shape index (κ2) is 5.21. The minimum atomic E-state index is -0.743. The molecule has 3 saturated heterocycles. The van der Waals surface area contributed by atoms with Crippen LogP contribution in [0.5, 0.6) is 0 Å². The molecule has 1 aliphatic carbocycles. The van der Waals surface area contributed by atoms with Gasteiger partial charge in [0.05, 0.1) is 0 Å². The monoisotopic (exact) mass is 286 g/mol. The largest absolute Gasteiger partial charge is 0.396 e. The molecule has 0 unspecified atom stereocenters. The van der Waals surface area contributed by atoms with Gasteiger partial charge in [-0.1, -0.05) is 13.3 Å². The van der Waals surface area contributed by atoms with Gasteiger partial charge in [-0.2, -0.15) is 0 Å². The lowest BCUT2D eigenvalue weighted by atomic mass is 9.65. The summed E-state index contributed by atoms with van der Waals surface area (Å²) in [5, 5.41) is 9.39. The van der Waals surface area contributed by atoms with E-state index in [2.05, 4.69) is 6.92 Å². The molecular weight excluding hydrogens is 260 g/mol. The van der Waals surface area contributed by atoms with E-state index < -0.39 is 17.7 Å². The number of rotatable bonds is 3. The lowest BCUT2D eigenvalue weighted by Crippen LogP contribution is -2.63. The average Bonchev–Trinajstić information content (AvgIpc) is 2.61. The van der Waals surface area contributed by atoms with Gasteiger partial charge < -0.3 is 14.6 Å². The number of aliphatic hydroxyl groups excluding tert-OH is 1. The fraction of sp³-hybridized carbons (Fsp3) is 1.00. The molecule has 20 heavy (non-hydrogen) atoms. The van der Waals surface area contributed by atoms with Crippen molar-refractivity contribution < 1.29 is 24.4 Å². The Hall–Kier alpha value is -0.200. The standard InChI is InChI=1S/C15H26O5/c1-10-9-12-6-4-5-11(7-8-16)15(12)13(17-3)18-14(10,2)19-20-15/h10-13,16H,4-9H2,1-3H3/t10-,11+,12-,13+,14-,15+/m1/s1. The Morgan fingerprint density at radius 1 is 1.30 bits per heavy atom. The van der Waals surface area contributed by atoms with Gasteiger partial charge in [-0.05, 0) is 44.4 Å². The van der Waals surface area contributed by atoms with Crippen LogP contribution >= 0.6 is 0 Å². The summed E-state index contributed by atoms with van der Waals surface area (Å²) in [5.41, 5.74) is -0.569. The van der Waals surface area contributed by atoms with Crippen LogP contribution in [-0.2, 0) is 19.2 Å². The van der Waals surface area contributed by atoms with Crippen molar-refractivity contribution in [3.63, 3.8) is 0 Å². The van der Waals surface area contributed by atoms with Gasteiger partial charge in [0.1, 0.15) is 0 Å². The number of hydrogen-bond donors (Lipinski definition) is 1. The predicted molar refractivity (Wildman–Crippen MR) is 71.5 cm³/mol. The Bertz CT molecular complexity index is 356. The van der Waals surface area contributed by atoms with Gasteiger partial charge in [-0.25, -0.2) is 9.78 Å². The van der Waals surface area contributed by atoms with Gasteiger partial charge in [0.15, 0.2) is 11.9 Å². The highest BCUT2D eigenvalue weighted by atomic mass is 17.3. The zero-order chi connectivity index (χ0) is 14.4. The maximum absolute atomic E-state index is 9.39. The van der Waals surface area contributed by atoms with Crippen LogP contribution in [0.15, 0.2) is 0 Å². The summed E-state index contributed by atoms with van der Waals surface area (Å²) in [6.07, 6.45) is 4.59. The summed E-state index contributed by atoms with van der Waals surface area (Å²) in [7, 11) is 1.67. The lowest BCUT2D eigenvalue weighted by molar-refractivity contribution is -0.560. The second-order valence-electron chi connectivity index (χ2n) is 6.70. The Labute approximate surface area is 120 Å². The highest BCUT2D eigenvalue weighted by molar-refractivity contribution is 5.04. The molecule has 3 heterocycles. The van der Waals surface area contributed by atoms with Crippen LogP contribution in [0.4, 0.5) is 0 Å². The Kier molecular flexibility index (Phi) is 3.84. The molecule has 6 atom stereocenters. The molecule has 4 aliphatic rings. The van der Waals surface area contributed by atoms with Crippen LogP contribution in [0.2, 0.25) is 0 Å². The third kappa shape index (κ3) is 1.95. The first-order valence-corrected chi connectivity index (χ1v) is 7.75. The first kappa shape index (κ1) is 14.7. The first-order valence-electron chi connectivity index (χ1n) is 7.75. The topological polar surface area (TPSA) is 57.2 Å². The van der Waals surface area contributed by atoms with E-state index in [1.54, 1.807) is 7.11 Å². The van der Waals surface area contributed by atoms with Crippen LogP contribution in [0.3, 0.4) is 0 Å². The molecule has 1 spiro atoms. The van der Waals surface area contributed by atoms with Crippen molar-refractivity contribution in [2.75, 3.05) is 13.7 Å². The number of hydrogen-bond acceptors (Lipinski definition) is 5. The normalized spacial score (nSPS) is 51.6. The van der Waals surface area contributed by atoms with Crippen LogP contribution in [0.25, 0.3) is 0 Å². The zero-order valence-corrected chi connectivity index (χ0v) is 12.6. The average molecular weight is 286 g/mol. The van der Waals surface area contributed by atoms with Gasteiger partial charge >= 0.3 is 0 Å². The molecule has 3 aliphatic heterocycles. The van der Waals surface area contributed by atoms with E-state index >= 15 is 0 Å². The number of methoxy groups -OCH3 is 1. The Balaban J connectivity index is 2.00. The molecule has 4 rings (SSSR count). The third-order valence-electron chi connectivity index (χ3n) is 5.67. The van der Waals surface area contributed by atoms with Crippen molar-refractivity contribution in [1.29, 1.82) is 0 Å². The van der Waals surface area contributed by atoms with Gasteiger partial charge in [0.2, 0.25) is 5.79 Å². The maximum atomic E-state index is 9.39. The number of aliphatic hydroxyl groups is 1. The van der Waals surface area contributed by atoms with E-state index in [4.69, 9.17) is 19.2 Å². The zero-order valence-electron chi connectivity index (χ0n) is 12.6. The van der Waals surface area contributed by atoms with Gasteiger partial charge in [-0.15, -0.1) is 0 Å². The van der Waals surface area contributed by atoms with E-state index in [1.165, 1.54) is 6.42 Å². The van der Waals surface area contributed by atoms with E-state index in [0.717, 1.165) is 19.3 Å². The summed E-state index contributed by atoms with van der Waals surface area (Å²) in [4.78, 5) is 11.7. The molecule has 116 valence electrons. The molecule has 0 aromatic carbocycles. The quantitative estimate of drug-likeness (QED) is 0.806. The highest BCUT2D eigenvalue weighted by Crippen LogP contribution is 2.56. The summed E-state index contributed by atoms with van der Waals surface area (Å²) >= 11 is 0. The van der Waals surface area contributed by atoms with Crippen molar-refractivity contribution in [3.05, 3.63) is 0 Å². The fourth-order valence-electron chi connectivity index (χ4n) is 4.33. The van der Waals surface area contributed by atoms with Crippen molar-refractivity contribution in [2.24, 2.45) is 17.8 Å². The van der Waals surface area contributed by atoms with Gasteiger partial charge in [0, 0.05) is 19.6 Å². The van der Waals surface area contributed by atoms with Crippen molar-refractivity contribution in [1.82, 2.24) is 0 Å². The first-order chi connectivity index (χ1) is 9.56. The van der Waals surface area contributed by atoms with E-state index in [9.17, 15) is 5.11 Å². The molecule has 5 nitrogen and oxygen atoms in total. The molecule has 0 aromatic heterocycles. The molecule has 0 amide bonds. The van der Waals surface area contributed by atoms with Crippen LogP contribution < -0.4 is 0 Å². The maximum Gasteiger partial charge on any atom is 0.204 e. The lowest BCUT2D eigenvalue weighted by Gasteiger charge is -2.53. The minimum absolute atomic E-state index is 0.158. The SMILES string of the molecule is CO[C@H]1O[C@]2(C)OO[C@]13[C@H](CCO)CCC[C@@H]3C[C@H]2C. The molecule has 2 bridgehead atoms. The van der Waals surface area contributed by atoms with Crippen molar-refractivity contribution >= 4 is 0 Å². The van der Waals surface area contributed by atoms with E-state index in [0.29, 0.717) is 12.3 Å². The molecule has 1 N–H and O–H groups in total. The molecule has 5 heteroatoms. The predicted octanol–water partition coefficient (Wildman–Crippen LogP) is 2.23. The fourth-order valence-corrected chi connectivity index (χ4v) is 4.33. The van der Waals surface area contributed by atoms with Crippen molar-refractivity contribution in [2.45, 2.75) is 63.6 Å². The number of fused-ring (bicyclic) bond motifs is 3. The van der Waals surface area contributed by atoms with Crippen molar-refractivity contribution in [3.8, 4) is 0 Å². The molecular formula is C15H26O5. The smallest absolute Gasteiger partial charge is 0.204 e. The Morgan fingerprint density at radius 2 is 2.10 bits per heavy atom. The van der Waals surface area contributed by atoms with Gasteiger partial charge in [0.25, 0.3) is 0 Å². The second-order valence-corrected chi connectivity index (χ2v) is 6.70. The van der Waals surface area contributed by atoms with Crippen LogP contribution in [-0.4, -0.2) is 36.5 Å². The molecule has 1 saturated carbocycles. The summed E-state index contributed by atoms with van der Waals surface area (Å²) < 4.78 is 11.8. The summed E-state index contributed by atoms with van der Waals surface area (Å²) in [6.45, 7) is 4.23. The minimum Gasteiger partial charge on any atom is -0.396 e.